The third-order valence-corrected chi connectivity index (χ3v) is 2.59. The molecule has 1 heterocycles. The number of amides is 1. The van der Waals surface area contributed by atoms with E-state index in [0.717, 1.165) is 0 Å². The van der Waals surface area contributed by atoms with Crippen molar-refractivity contribution in [2.24, 2.45) is 0 Å². The first kappa shape index (κ1) is 12.2. The van der Waals surface area contributed by atoms with Gasteiger partial charge in [-0.2, -0.15) is 0 Å². The number of halogens is 1. The van der Waals surface area contributed by atoms with Gasteiger partial charge in [-0.05, 0) is 19.1 Å². The SMILES string of the molecule is CCc1nc(C(=O)Nc2cccc(F)c2C)n[nH]1. The van der Waals surface area contributed by atoms with Crippen molar-refractivity contribution in [3.8, 4) is 0 Å². The molecule has 0 aliphatic heterocycles. The molecule has 2 aromatic rings. The van der Waals surface area contributed by atoms with Crippen LogP contribution in [0.15, 0.2) is 18.2 Å². The highest BCUT2D eigenvalue weighted by Gasteiger charge is 2.13. The number of nitrogens with one attached hydrogen (secondary N) is 2. The van der Waals surface area contributed by atoms with Crippen LogP contribution in [-0.2, 0) is 6.42 Å². The molecule has 2 N–H and O–H groups in total. The van der Waals surface area contributed by atoms with Crippen LogP contribution < -0.4 is 5.32 Å². The van der Waals surface area contributed by atoms with Gasteiger partial charge >= 0.3 is 0 Å². The van der Waals surface area contributed by atoms with Gasteiger partial charge in [0.1, 0.15) is 11.6 Å². The average Bonchev–Trinajstić information content (AvgIpc) is 2.83. The second-order valence-electron chi connectivity index (χ2n) is 3.83. The Labute approximate surface area is 103 Å². The fourth-order valence-corrected chi connectivity index (χ4v) is 1.48. The van der Waals surface area contributed by atoms with Gasteiger partial charge in [-0.3, -0.25) is 9.89 Å². The van der Waals surface area contributed by atoms with Crippen LogP contribution in [0.1, 0.15) is 28.9 Å². The minimum absolute atomic E-state index is 0.0514. The number of anilines is 1. The highest BCUT2D eigenvalue weighted by atomic mass is 19.1. The number of hydrogen-bond acceptors (Lipinski definition) is 3. The molecule has 6 heteroatoms. The molecule has 18 heavy (non-hydrogen) atoms. The number of benzene rings is 1. The first-order chi connectivity index (χ1) is 8.61. The molecule has 94 valence electrons. The number of carbonyl (C=O) groups excluding carboxylic acids is 1. The summed E-state index contributed by atoms with van der Waals surface area (Å²) in [5.74, 6) is -0.136. The summed E-state index contributed by atoms with van der Waals surface area (Å²) >= 11 is 0. The lowest BCUT2D eigenvalue weighted by Crippen LogP contribution is -2.15. The number of hydrogen-bond donors (Lipinski definition) is 2. The van der Waals surface area contributed by atoms with E-state index < -0.39 is 5.91 Å². The van der Waals surface area contributed by atoms with Gasteiger partial charge < -0.3 is 5.32 Å². The molecule has 0 fully saturated rings. The van der Waals surface area contributed by atoms with Gasteiger partial charge in [0, 0.05) is 17.7 Å². The molecule has 2 rings (SSSR count). The number of H-pyrrole nitrogens is 1. The number of aromatic amines is 1. The minimum Gasteiger partial charge on any atom is -0.319 e. The largest absolute Gasteiger partial charge is 0.319 e. The van der Waals surface area contributed by atoms with Crippen molar-refractivity contribution in [2.75, 3.05) is 5.32 Å². The molecule has 0 radical (unpaired) electrons. The summed E-state index contributed by atoms with van der Waals surface area (Å²) in [6, 6.07) is 4.50. The molecule has 1 amide bonds. The Balaban J connectivity index is 2.18. The van der Waals surface area contributed by atoms with Gasteiger partial charge in [0.05, 0.1) is 0 Å². The van der Waals surface area contributed by atoms with Crippen LogP contribution >= 0.6 is 0 Å². The van der Waals surface area contributed by atoms with E-state index in [-0.39, 0.29) is 11.6 Å². The number of rotatable bonds is 3. The molecule has 0 spiro atoms. The molecular weight excluding hydrogens is 235 g/mol. The van der Waals surface area contributed by atoms with E-state index in [1.165, 1.54) is 12.1 Å². The van der Waals surface area contributed by atoms with E-state index in [1.807, 2.05) is 6.92 Å². The average molecular weight is 248 g/mol. The smallest absolute Gasteiger partial charge is 0.295 e. The molecule has 0 unspecified atom stereocenters. The maximum Gasteiger partial charge on any atom is 0.295 e. The first-order valence-corrected chi connectivity index (χ1v) is 5.59. The number of aryl methyl sites for hydroxylation is 1. The lowest BCUT2D eigenvalue weighted by Gasteiger charge is -2.06. The molecular formula is C12H13FN4O. The Morgan fingerprint density at radius 2 is 2.28 bits per heavy atom. The Hall–Kier alpha value is -2.24. The van der Waals surface area contributed by atoms with Gasteiger partial charge in [0.2, 0.25) is 5.82 Å². The predicted octanol–water partition coefficient (Wildman–Crippen LogP) is 2.07. The Morgan fingerprint density at radius 3 is 2.94 bits per heavy atom. The zero-order valence-corrected chi connectivity index (χ0v) is 10.1. The highest BCUT2D eigenvalue weighted by molar-refractivity contribution is 6.01. The van der Waals surface area contributed by atoms with Crippen LogP contribution in [-0.4, -0.2) is 21.1 Å². The molecule has 0 bridgehead atoms. The molecule has 1 aromatic carbocycles. The highest BCUT2D eigenvalue weighted by Crippen LogP contribution is 2.17. The molecule has 0 saturated heterocycles. The predicted molar refractivity (Wildman–Crippen MR) is 64.9 cm³/mol. The van der Waals surface area contributed by atoms with E-state index in [1.54, 1.807) is 13.0 Å². The van der Waals surface area contributed by atoms with Gasteiger partial charge in [-0.25, -0.2) is 9.37 Å². The maximum atomic E-state index is 13.3. The zero-order valence-electron chi connectivity index (χ0n) is 10.1. The monoisotopic (exact) mass is 248 g/mol. The van der Waals surface area contributed by atoms with Crippen LogP contribution in [0.2, 0.25) is 0 Å². The number of nitrogens with zero attached hydrogens (tertiary/aromatic N) is 2. The van der Waals surface area contributed by atoms with E-state index >= 15 is 0 Å². The topological polar surface area (TPSA) is 70.7 Å². The lowest BCUT2D eigenvalue weighted by atomic mass is 10.2. The van der Waals surface area contributed by atoms with Crippen molar-refractivity contribution in [1.29, 1.82) is 0 Å². The minimum atomic E-state index is -0.459. The van der Waals surface area contributed by atoms with Crippen LogP contribution in [0.3, 0.4) is 0 Å². The van der Waals surface area contributed by atoms with E-state index in [0.29, 0.717) is 23.5 Å². The Kier molecular flexibility index (Phi) is 3.36. The second kappa shape index (κ2) is 4.95. The molecule has 0 saturated carbocycles. The quantitative estimate of drug-likeness (QED) is 0.873. The summed E-state index contributed by atoms with van der Waals surface area (Å²) in [5.41, 5.74) is 0.806. The standard InChI is InChI=1S/C12H13FN4O/c1-3-10-15-11(17-16-10)12(18)14-9-6-4-5-8(13)7(9)2/h4-6H,3H2,1-2H3,(H,14,18)(H,15,16,17). The fourth-order valence-electron chi connectivity index (χ4n) is 1.48. The van der Waals surface area contributed by atoms with Gasteiger partial charge in [0.25, 0.3) is 5.91 Å². The van der Waals surface area contributed by atoms with Crippen molar-refractivity contribution in [1.82, 2.24) is 15.2 Å². The van der Waals surface area contributed by atoms with Crippen molar-refractivity contribution in [2.45, 2.75) is 20.3 Å². The summed E-state index contributed by atoms with van der Waals surface area (Å²) in [4.78, 5) is 15.8. The maximum absolute atomic E-state index is 13.3. The van der Waals surface area contributed by atoms with Crippen LogP contribution in [0.25, 0.3) is 0 Å². The van der Waals surface area contributed by atoms with E-state index in [2.05, 4.69) is 20.5 Å². The lowest BCUT2D eigenvalue weighted by molar-refractivity contribution is 0.101. The van der Waals surface area contributed by atoms with Gasteiger partial charge in [-0.15, -0.1) is 5.10 Å². The van der Waals surface area contributed by atoms with Crippen LogP contribution in [0.5, 0.6) is 0 Å². The first-order valence-electron chi connectivity index (χ1n) is 5.59. The van der Waals surface area contributed by atoms with Crippen molar-refractivity contribution in [3.05, 3.63) is 41.2 Å². The van der Waals surface area contributed by atoms with Crippen molar-refractivity contribution < 1.29 is 9.18 Å². The fraction of sp³-hybridized carbons (Fsp3) is 0.250. The zero-order chi connectivity index (χ0) is 13.1. The normalized spacial score (nSPS) is 10.4. The van der Waals surface area contributed by atoms with E-state index in [4.69, 9.17) is 0 Å². The van der Waals surface area contributed by atoms with Gasteiger partial charge in [-0.1, -0.05) is 13.0 Å². The molecule has 1 aromatic heterocycles. The second-order valence-corrected chi connectivity index (χ2v) is 3.83. The van der Waals surface area contributed by atoms with Gasteiger partial charge in [0.15, 0.2) is 0 Å². The molecule has 0 aliphatic carbocycles. The Bertz CT molecular complexity index is 579. The molecule has 0 aliphatic rings. The molecule has 5 nitrogen and oxygen atoms in total. The Morgan fingerprint density at radius 1 is 1.50 bits per heavy atom. The van der Waals surface area contributed by atoms with Crippen LogP contribution in [0, 0.1) is 12.7 Å². The molecule has 0 atom stereocenters. The third kappa shape index (κ3) is 2.37. The summed E-state index contributed by atoms with van der Waals surface area (Å²) in [7, 11) is 0. The van der Waals surface area contributed by atoms with Crippen molar-refractivity contribution in [3.63, 3.8) is 0 Å². The number of aromatic nitrogens is 3. The summed E-state index contributed by atoms with van der Waals surface area (Å²) in [5, 5.41) is 9.03. The summed E-state index contributed by atoms with van der Waals surface area (Å²) in [6.45, 7) is 3.50. The van der Waals surface area contributed by atoms with Crippen LogP contribution in [0.4, 0.5) is 10.1 Å². The summed E-state index contributed by atoms with van der Waals surface area (Å²) in [6.07, 6.45) is 0.666. The summed E-state index contributed by atoms with van der Waals surface area (Å²) < 4.78 is 13.3. The third-order valence-electron chi connectivity index (χ3n) is 2.59. The van der Waals surface area contributed by atoms with Crippen molar-refractivity contribution >= 4 is 11.6 Å². The van der Waals surface area contributed by atoms with E-state index in [9.17, 15) is 9.18 Å². The number of carbonyl (C=O) groups is 1.